The third-order valence-electron chi connectivity index (χ3n) is 5.44. The van der Waals surface area contributed by atoms with Crippen LogP contribution in [0.5, 0.6) is 0 Å². The van der Waals surface area contributed by atoms with Gasteiger partial charge in [-0.2, -0.15) is 0 Å². The second kappa shape index (κ2) is 8.39. The van der Waals surface area contributed by atoms with Gasteiger partial charge in [-0.1, -0.05) is 42.0 Å². The molecule has 1 N–H and O–H groups in total. The predicted octanol–water partition coefficient (Wildman–Crippen LogP) is 4.48. The molecule has 0 radical (unpaired) electrons. The van der Waals surface area contributed by atoms with E-state index in [4.69, 9.17) is 0 Å². The average Bonchev–Trinajstić information content (AvgIpc) is 3.56. The zero-order chi connectivity index (χ0) is 19.5. The summed E-state index contributed by atoms with van der Waals surface area (Å²) in [5.74, 6) is 1.41. The monoisotopic (exact) mass is 394 g/mol. The third kappa shape index (κ3) is 4.41. The molecule has 4 rings (SSSR count). The molecule has 1 atom stereocenters. The van der Waals surface area contributed by atoms with Crippen molar-refractivity contribution in [3.05, 3.63) is 59.7 Å². The molecule has 1 fully saturated rings. The molecule has 146 valence electrons. The maximum absolute atomic E-state index is 12.7. The summed E-state index contributed by atoms with van der Waals surface area (Å²) in [5.41, 5.74) is 3.35. The highest BCUT2D eigenvalue weighted by Crippen LogP contribution is 2.41. The van der Waals surface area contributed by atoms with Crippen LogP contribution >= 0.6 is 11.8 Å². The van der Waals surface area contributed by atoms with Gasteiger partial charge in [0.25, 0.3) is 0 Å². The fourth-order valence-corrected chi connectivity index (χ4v) is 4.70. The minimum atomic E-state index is -0.0366. The zero-order valence-electron chi connectivity index (χ0n) is 16.2. The fourth-order valence-electron chi connectivity index (χ4n) is 3.71. The second-order valence-corrected chi connectivity index (χ2v) is 8.79. The van der Waals surface area contributed by atoms with Crippen LogP contribution in [0.4, 0.5) is 5.69 Å². The van der Waals surface area contributed by atoms with Gasteiger partial charge >= 0.3 is 0 Å². The number of carbonyl (C=O) groups is 2. The van der Waals surface area contributed by atoms with Gasteiger partial charge in [-0.15, -0.1) is 11.8 Å². The first-order valence-electron chi connectivity index (χ1n) is 10.00. The molecule has 0 aromatic heterocycles. The van der Waals surface area contributed by atoms with Crippen LogP contribution in [-0.4, -0.2) is 24.1 Å². The van der Waals surface area contributed by atoms with Gasteiger partial charge in [0.15, 0.2) is 0 Å². The summed E-state index contributed by atoms with van der Waals surface area (Å²) in [6.07, 6.45) is 2.79. The number of rotatable bonds is 6. The number of hydrogen-bond acceptors (Lipinski definition) is 3. The molecule has 2 amide bonds. The lowest BCUT2D eigenvalue weighted by Crippen LogP contribution is -2.36. The number of nitrogens with zero attached hydrogens (tertiary/aromatic N) is 1. The Morgan fingerprint density at radius 1 is 1.11 bits per heavy atom. The van der Waals surface area contributed by atoms with Gasteiger partial charge in [0.2, 0.25) is 11.8 Å². The van der Waals surface area contributed by atoms with Crippen LogP contribution < -0.4 is 10.2 Å². The lowest BCUT2D eigenvalue weighted by molar-refractivity contribution is -0.125. The van der Waals surface area contributed by atoms with Crippen LogP contribution in [0.1, 0.15) is 42.9 Å². The summed E-state index contributed by atoms with van der Waals surface area (Å²) in [4.78, 5) is 28.3. The molecule has 1 saturated carbocycles. The van der Waals surface area contributed by atoms with Gasteiger partial charge in [0, 0.05) is 30.0 Å². The molecule has 1 unspecified atom stereocenters. The summed E-state index contributed by atoms with van der Waals surface area (Å²) in [5, 5.41) is 3.18. The number of para-hydroxylation sites is 1. The van der Waals surface area contributed by atoms with Gasteiger partial charge in [-0.25, -0.2) is 0 Å². The molecule has 2 aromatic rings. The Morgan fingerprint density at radius 3 is 2.61 bits per heavy atom. The quantitative estimate of drug-likeness (QED) is 0.786. The van der Waals surface area contributed by atoms with E-state index >= 15 is 0 Å². The first-order chi connectivity index (χ1) is 13.6. The molecule has 2 aromatic carbocycles. The second-order valence-electron chi connectivity index (χ2n) is 7.65. The van der Waals surface area contributed by atoms with E-state index in [9.17, 15) is 9.59 Å². The Labute approximate surface area is 170 Å². The van der Waals surface area contributed by atoms with E-state index in [1.807, 2.05) is 29.2 Å². The van der Waals surface area contributed by atoms with Crippen molar-refractivity contribution in [3.63, 3.8) is 0 Å². The zero-order valence-corrected chi connectivity index (χ0v) is 17.0. The highest BCUT2D eigenvalue weighted by Gasteiger charge is 2.33. The van der Waals surface area contributed by atoms with Crippen molar-refractivity contribution < 1.29 is 9.59 Å². The van der Waals surface area contributed by atoms with E-state index in [1.54, 1.807) is 11.8 Å². The van der Waals surface area contributed by atoms with E-state index in [0.717, 1.165) is 34.7 Å². The van der Waals surface area contributed by atoms with E-state index in [-0.39, 0.29) is 30.7 Å². The van der Waals surface area contributed by atoms with Crippen LogP contribution in [0, 0.1) is 12.8 Å². The van der Waals surface area contributed by atoms with Crippen molar-refractivity contribution in [2.24, 2.45) is 5.92 Å². The highest BCUT2D eigenvalue weighted by atomic mass is 32.2. The molecule has 1 heterocycles. The summed E-state index contributed by atoms with van der Waals surface area (Å²) < 4.78 is 0. The summed E-state index contributed by atoms with van der Waals surface area (Å²) in [7, 11) is 0. The van der Waals surface area contributed by atoms with Gasteiger partial charge in [-0.3, -0.25) is 9.59 Å². The van der Waals surface area contributed by atoms with E-state index in [2.05, 4.69) is 36.5 Å². The van der Waals surface area contributed by atoms with Crippen molar-refractivity contribution in [2.75, 3.05) is 17.2 Å². The van der Waals surface area contributed by atoms with E-state index in [1.165, 1.54) is 5.56 Å². The number of nitrogens with one attached hydrogen (secondary N) is 1. The van der Waals surface area contributed by atoms with Gasteiger partial charge in [0.05, 0.1) is 11.7 Å². The summed E-state index contributed by atoms with van der Waals surface area (Å²) in [6.45, 7) is 2.77. The standard InChI is InChI=1S/C23H26N2O2S/c1-16-6-8-17(9-7-16)23(18-10-11-18)24-21(26)12-13-22(27)25-14-15-28-20-5-3-2-4-19(20)25/h2-9,18,23H,10-15H2,1H3,(H,24,26). The molecule has 1 aliphatic heterocycles. The molecule has 4 nitrogen and oxygen atoms in total. The molecule has 1 aliphatic carbocycles. The largest absolute Gasteiger partial charge is 0.349 e. The molecular formula is C23H26N2O2S. The number of amides is 2. The molecule has 0 spiro atoms. The number of fused-ring (bicyclic) bond motifs is 1. The Balaban J connectivity index is 1.35. The number of anilines is 1. The first-order valence-corrected chi connectivity index (χ1v) is 11.0. The van der Waals surface area contributed by atoms with Gasteiger partial charge in [-0.05, 0) is 43.4 Å². The van der Waals surface area contributed by atoms with Gasteiger partial charge < -0.3 is 10.2 Å². The summed E-state index contributed by atoms with van der Waals surface area (Å²) in [6, 6.07) is 16.4. The number of hydrogen-bond donors (Lipinski definition) is 1. The minimum absolute atomic E-state index is 0.0289. The lowest BCUT2D eigenvalue weighted by Gasteiger charge is -2.29. The Morgan fingerprint density at radius 2 is 1.86 bits per heavy atom. The van der Waals surface area contributed by atoms with E-state index < -0.39 is 0 Å². The van der Waals surface area contributed by atoms with Crippen LogP contribution in [0.15, 0.2) is 53.4 Å². The highest BCUT2D eigenvalue weighted by molar-refractivity contribution is 7.99. The van der Waals surface area contributed by atoms with Crippen LogP contribution in [0.25, 0.3) is 0 Å². The average molecular weight is 395 g/mol. The van der Waals surface area contributed by atoms with Crippen molar-refractivity contribution in [1.82, 2.24) is 5.32 Å². The number of thioether (sulfide) groups is 1. The topological polar surface area (TPSA) is 49.4 Å². The maximum Gasteiger partial charge on any atom is 0.227 e. The van der Waals surface area contributed by atoms with E-state index in [0.29, 0.717) is 12.5 Å². The Bertz CT molecular complexity index is 861. The van der Waals surface area contributed by atoms with Crippen molar-refractivity contribution >= 4 is 29.3 Å². The lowest BCUT2D eigenvalue weighted by atomic mass is 10.0. The van der Waals surface area contributed by atoms with Crippen LogP contribution in [-0.2, 0) is 9.59 Å². The maximum atomic E-state index is 12.7. The molecule has 5 heteroatoms. The van der Waals surface area contributed by atoms with Crippen LogP contribution in [0.2, 0.25) is 0 Å². The summed E-state index contributed by atoms with van der Waals surface area (Å²) >= 11 is 1.78. The minimum Gasteiger partial charge on any atom is -0.349 e. The molecule has 0 bridgehead atoms. The van der Waals surface area contributed by atoms with Crippen molar-refractivity contribution in [3.8, 4) is 0 Å². The normalized spacial score (nSPS) is 17.0. The number of carbonyl (C=O) groups excluding carboxylic acids is 2. The Hall–Kier alpha value is -2.27. The van der Waals surface area contributed by atoms with Gasteiger partial charge in [0.1, 0.15) is 0 Å². The Kier molecular flexibility index (Phi) is 5.72. The number of aryl methyl sites for hydroxylation is 1. The van der Waals surface area contributed by atoms with Crippen LogP contribution in [0.3, 0.4) is 0 Å². The third-order valence-corrected chi connectivity index (χ3v) is 6.48. The predicted molar refractivity (Wildman–Crippen MR) is 114 cm³/mol. The molecule has 2 aliphatic rings. The number of benzene rings is 2. The van der Waals surface area contributed by atoms with Crippen molar-refractivity contribution in [1.29, 1.82) is 0 Å². The smallest absolute Gasteiger partial charge is 0.227 e. The van der Waals surface area contributed by atoms with Crippen molar-refractivity contribution in [2.45, 2.75) is 43.5 Å². The SMILES string of the molecule is Cc1ccc(C(NC(=O)CCC(=O)N2CCSc3ccccc32)C2CC2)cc1. The molecule has 28 heavy (non-hydrogen) atoms. The molecular weight excluding hydrogens is 368 g/mol. The fraction of sp³-hybridized carbons (Fsp3) is 0.391. The molecule has 0 saturated heterocycles. The first kappa shape index (κ1) is 19.1.